The monoisotopic (exact) mass is 338 g/mol. The number of hydrogen-bond donors (Lipinski definition) is 1. The van der Waals surface area contributed by atoms with Gasteiger partial charge in [-0.15, -0.1) is 0 Å². The smallest absolute Gasteiger partial charge is 0.416 e. The molecule has 5 nitrogen and oxygen atoms in total. The predicted octanol–water partition coefficient (Wildman–Crippen LogP) is 2.96. The number of nitrogens with zero attached hydrogens (tertiary/aromatic N) is 1. The fourth-order valence-electron chi connectivity index (χ4n) is 2.48. The fourth-order valence-corrected chi connectivity index (χ4v) is 2.48. The summed E-state index contributed by atoms with van der Waals surface area (Å²) in [6.45, 7) is 1.42. The zero-order chi connectivity index (χ0) is 18.1. The van der Waals surface area contributed by atoms with E-state index >= 15 is 0 Å². The summed E-state index contributed by atoms with van der Waals surface area (Å²) in [5.41, 5.74) is 4.63. The molecule has 8 heteroatoms. The highest BCUT2D eigenvalue weighted by molar-refractivity contribution is 5.92. The van der Waals surface area contributed by atoms with Gasteiger partial charge in [-0.25, -0.2) is 4.79 Å². The first kappa shape index (κ1) is 17.4. The van der Waals surface area contributed by atoms with Crippen molar-refractivity contribution in [2.75, 3.05) is 7.11 Å². The van der Waals surface area contributed by atoms with Gasteiger partial charge in [-0.2, -0.15) is 18.4 Å². The summed E-state index contributed by atoms with van der Waals surface area (Å²) in [4.78, 5) is 12.1. The molecule has 1 aliphatic heterocycles. The van der Waals surface area contributed by atoms with Gasteiger partial charge in [0.1, 0.15) is 17.4 Å². The summed E-state index contributed by atoms with van der Waals surface area (Å²) in [6.07, 6.45) is -4.56. The molecule has 24 heavy (non-hydrogen) atoms. The summed E-state index contributed by atoms with van der Waals surface area (Å²) in [7, 11) is 1.12. The average molecular weight is 338 g/mol. The molecule has 0 aromatic heterocycles. The van der Waals surface area contributed by atoms with Crippen LogP contribution in [0.15, 0.2) is 47.1 Å². The maximum atomic E-state index is 13.0. The number of esters is 1. The molecule has 1 aromatic carbocycles. The molecule has 0 amide bonds. The molecule has 2 N–H and O–H groups in total. The standard InChI is InChI=1S/C16H13F3N2O3/c1-8-12(15(22)23-2)13(11(7-20)14(21)24-8)9-4-3-5-10(6-9)16(17,18)19/h3-6,13H,21H2,1-2H3. The van der Waals surface area contributed by atoms with Crippen LogP contribution in [0, 0.1) is 11.3 Å². The van der Waals surface area contributed by atoms with Gasteiger partial charge >= 0.3 is 12.1 Å². The van der Waals surface area contributed by atoms with Gasteiger partial charge in [-0.05, 0) is 18.6 Å². The summed E-state index contributed by atoms with van der Waals surface area (Å²) in [6, 6.07) is 6.15. The highest BCUT2D eigenvalue weighted by Gasteiger charge is 2.37. The van der Waals surface area contributed by atoms with E-state index in [1.807, 2.05) is 0 Å². The Bertz CT molecular complexity index is 788. The van der Waals surface area contributed by atoms with Crippen molar-refractivity contribution in [3.63, 3.8) is 0 Å². The molecule has 0 radical (unpaired) electrons. The first-order chi connectivity index (χ1) is 11.2. The molecule has 0 fully saturated rings. The Hall–Kier alpha value is -2.95. The van der Waals surface area contributed by atoms with Gasteiger partial charge in [0.25, 0.3) is 0 Å². The van der Waals surface area contributed by atoms with Crippen LogP contribution in [-0.4, -0.2) is 13.1 Å². The molecule has 0 saturated heterocycles. The normalized spacial score (nSPS) is 18.1. The van der Waals surface area contributed by atoms with Crippen LogP contribution in [0.2, 0.25) is 0 Å². The highest BCUT2D eigenvalue weighted by atomic mass is 19.4. The molecule has 0 saturated carbocycles. The van der Waals surface area contributed by atoms with Crippen molar-refractivity contribution in [3.05, 3.63) is 58.2 Å². The van der Waals surface area contributed by atoms with Crippen LogP contribution in [-0.2, 0) is 20.4 Å². The second-order valence-corrected chi connectivity index (χ2v) is 5.01. The number of carbonyl (C=O) groups is 1. The van der Waals surface area contributed by atoms with Crippen molar-refractivity contribution in [1.82, 2.24) is 0 Å². The lowest BCUT2D eigenvalue weighted by Gasteiger charge is -2.26. The van der Waals surface area contributed by atoms with Crippen LogP contribution >= 0.6 is 0 Å². The molecule has 126 valence electrons. The Balaban J connectivity index is 2.68. The second kappa shape index (κ2) is 6.28. The maximum Gasteiger partial charge on any atom is 0.416 e. The van der Waals surface area contributed by atoms with Gasteiger partial charge in [0.2, 0.25) is 5.88 Å². The minimum absolute atomic E-state index is 0.0671. The summed E-state index contributed by atoms with van der Waals surface area (Å²) >= 11 is 0. The number of hydrogen-bond acceptors (Lipinski definition) is 5. The van der Waals surface area contributed by atoms with Crippen LogP contribution in [0.3, 0.4) is 0 Å². The van der Waals surface area contributed by atoms with Gasteiger partial charge in [0.15, 0.2) is 0 Å². The van der Waals surface area contributed by atoms with E-state index in [1.165, 1.54) is 19.1 Å². The number of halogens is 3. The Labute approximate surface area is 135 Å². The molecule has 1 unspecified atom stereocenters. The minimum Gasteiger partial charge on any atom is -0.466 e. The minimum atomic E-state index is -4.56. The van der Waals surface area contributed by atoms with Crippen molar-refractivity contribution in [1.29, 1.82) is 5.26 Å². The number of nitriles is 1. The number of allylic oxidation sites excluding steroid dienone is 2. The maximum absolute atomic E-state index is 13.0. The van der Waals surface area contributed by atoms with Crippen LogP contribution in [0.1, 0.15) is 24.0 Å². The third-order valence-electron chi connectivity index (χ3n) is 3.56. The van der Waals surface area contributed by atoms with Crippen molar-refractivity contribution >= 4 is 5.97 Å². The van der Waals surface area contributed by atoms with Crippen molar-refractivity contribution in [3.8, 4) is 6.07 Å². The van der Waals surface area contributed by atoms with Gasteiger partial charge in [-0.1, -0.05) is 18.2 Å². The molecule has 1 heterocycles. The molecule has 0 bridgehead atoms. The number of alkyl halides is 3. The number of carbonyl (C=O) groups excluding carboxylic acids is 1. The first-order valence-corrected chi connectivity index (χ1v) is 6.74. The lowest BCUT2D eigenvalue weighted by Crippen LogP contribution is -2.25. The van der Waals surface area contributed by atoms with E-state index in [0.29, 0.717) is 0 Å². The van der Waals surface area contributed by atoms with E-state index < -0.39 is 23.6 Å². The number of nitrogens with two attached hydrogens (primary N) is 1. The average Bonchev–Trinajstić information content (AvgIpc) is 2.53. The molecule has 0 spiro atoms. The second-order valence-electron chi connectivity index (χ2n) is 5.01. The lowest BCUT2D eigenvalue weighted by molar-refractivity contribution is -0.137. The highest BCUT2D eigenvalue weighted by Crippen LogP contribution is 2.41. The Morgan fingerprint density at radius 3 is 2.62 bits per heavy atom. The summed E-state index contributed by atoms with van der Waals surface area (Å²) in [5, 5.41) is 9.32. The summed E-state index contributed by atoms with van der Waals surface area (Å²) in [5.74, 6) is -2.10. The molecule has 1 atom stereocenters. The number of benzene rings is 1. The van der Waals surface area contributed by atoms with Gasteiger partial charge < -0.3 is 15.2 Å². The summed E-state index contributed by atoms with van der Waals surface area (Å²) < 4.78 is 48.7. The Morgan fingerprint density at radius 2 is 2.08 bits per heavy atom. The molecule has 0 aliphatic carbocycles. The lowest BCUT2D eigenvalue weighted by atomic mass is 9.82. The van der Waals surface area contributed by atoms with Crippen molar-refractivity contribution in [2.24, 2.45) is 5.73 Å². The molecule has 1 aromatic rings. The Kier molecular flexibility index (Phi) is 4.55. The van der Waals surface area contributed by atoms with E-state index in [0.717, 1.165) is 19.2 Å². The Morgan fingerprint density at radius 1 is 1.42 bits per heavy atom. The van der Waals surface area contributed by atoms with E-state index in [9.17, 15) is 23.2 Å². The largest absolute Gasteiger partial charge is 0.466 e. The van der Waals surface area contributed by atoms with E-state index in [4.69, 9.17) is 10.5 Å². The van der Waals surface area contributed by atoms with Gasteiger partial charge in [0.05, 0.1) is 24.2 Å². The van der Waals surface area contributed by atoms with E-state index in [2.05, 4.69) is 4.74 Å². The van der Waals surface area contributed by atoms with Crippen LogP contribution < -0.4 is 5.73 Å². The number of rotatable bonds is 2. The van der Waals surface area contributed by atoms with Crippen LogP contribution in [0.25, 0.3) is 0 Å². The van der Waals surface area contributed by atoms with Crippen LogP contribution in [0.5, 0.6) is 0 Å². The quantitative estimate of drug-likeness (QED) is 0.838. The van der Waals surface area contributed by atoms with Crippen LogP contribution in [0.4, 0.5) is 13.2 Å². The molecule has 1 aliphatic rings. The predicted molar refractivity (Wildman–Crippen MR) is 76.8 cm³/mol. The van der Waals surface area contributed by atoms with Crippen molar-refractivity contribution < 1.29 is 27.4 Å². The van der Waals surface area contributed by atoms with Crippen molar-refractivity contribution in [2.45, 2.75) is 19.0 Å². The fraction of sp³-hybridized carbons (Fsp3) is 0.250. The molecular formula is C16H13F3N2O3. The third kappa shape index (κ3) is 3.06. The third-order valence-corrected chi connectivity index (χ3v) is 3.56. The first-order valence-electron chi connectivity index (χ1n) is 6.74. The topological polar surface area (TPSA) is 85.3 Å². The number of methoxy groups -OCH3 is 1. The SMILES string of the molecule is COC(=O)C1=C(C)OC(N)=C(C#N)C1c1cccc(C(F)(F)F)c1. The van der Waals surface area contributed by atoms with E-state index in [-0.39, 0.29) is 28.4 Å². The number of ether oxygens (including phenoxy) is 2. The zero-order valence-corrected chi connectivity index (χ0v) is 12.8. The zero-order valence-electron chi connectivity index (χ0n) is 12.8. The van der Waals surface area contributed by atoms with Gasteiger partial charge in [-0.3, -0.25) is 0 Å². The van der Waals surface area contributed by atoms with Gasteiger partial charge in [0, 0.05) is 0 Å². The van der Waals surface area contributed by atoms with E-state index in [1.54, 1.807) is 6.07 Å². The molecular weight excluding hydrogens is 325 g/mol. The molecule has 2 rings (SSSR count).